The largest absolute Gasteiger partial charge is 0.247 e. The molecule has 0 atom stereocenters. The predicted octanol–water partition coefficient (Wildman–Crippen LogP) is 3.27. The zero-order valence-electron chi connectivity index (χ0n) is 10.5. The zero-order valence-corrected chi connectivity index (χ0v) is 10.5. The van der Waals surface area contributed by atoms with E-state index in [0.717, 1.165) is 11.6 Å². The maximum atomic E-state index is 13.2. The molecule has 0 saturated carbocycles. The molecular weight excluding hydrogens is 260 g/mol. The van der Waals surface area contributed by atoms with Gasteiger partial charge in [-0.1, -0.05) is 35.5 Å². The normalized spacial score (nSPS) is 10.7. The average molecular weight is 271 g/mol. The van der Waals surface area contributed by atoms with Gasteiger partial charge in [0.05, 0.1) is 12.7 Å². The maximum Gasteiger partial charge on any atom is 0.126 e. The van der Waals surface area contributed by atoms with Crippen LogP contribution in [0, 0.1) is 11.6 Å². The van der Waals surface area contributed by atoms with E-state index in [1.54, 1.807) is 10.9 Å². The van der Waals surface area contributed by atoms with E-state index in [1.807, 2.05) is 30.3 Å². The number of benzene rings is 2. The summed E-state index contributed by atoms with van der Waals surface area (Å²) < 4.78 is 28.0. The minimum absolute atomic E-state index is 0.377. The molecule has 1 heterocycles. The highest BCUT2D eigenvalue weighted by atomic mass is 19.1. The molecule has 0 radical (unpaired) electrons. The topological polar surface area (TPSA) is 30.7 Å². The molecule has 0 aliphatic carbocycles. The lowest BCUT2D eigenvalue weighted by atomic mass is 10.1. The second-order valence-electron chi connectivity index (χ2n) is 4.45. The molecule has 0 aliphatic heterocycles. The lowest BCUT2D eigenvalue weighted by molar-refractivity contribution is 0.584. The van der Waals surface area contributed by atoms with Crippen molar-refractivity contribution in [2.45, 2.75) is 6.54 Å². The lowest BCUT2D eigenvalue weighted by Gasteiger charge is -1.99. The van der Waals surface area contributed by atoms with Crippen LogP contribution < -0.4 is 0 Å². The van der Waals surface area contributed by atoms with Gasteiger partial charge in [0.2, 0.25) is 0 Å². The van der Waals surface area contributed by atoms with Gasteiger partial charge in [-0.2, -0.15) is 0 Å². The summed E-state index contributed by atoms with van der Waals surface area (Å²) >= 11 is 0. The molecule has 3 rings (SSSR count). The highest BCUT2D eigenvalue weighted by molar-refractivity contribution is 5.57. The standard InChI is InChI=1S/C15H11F2N3/c16-13-6-12(7-14(17)8-13)15-10-20(19-18-15)9-11-4-2-1-3-5-11/h1-8,10H,9H2. The van der Waals surface area contributed by atoms with Crippen molar-refractivity contribution < 1.29 is 8.78 Å². The van der Waals surface area contributed by atoms with Crippen LogP contribution in [0.1, 0.15) is 5.56 Å². The van der Waals surface area contributed by atoms with Gasteiger partial charge in [-0.15, -0.1) is 5.10 Å². The third kappa shape index (κ3) is 2.71. The van der Waals surface area contributed by atoms with Gasteiger partial charge in [-0.05, 0) is 17.7 Å². The van der Waals surface area contributed by atoms with E-state index in [-0.39, 0.29) is 0 Å². The van der Waals surface area contributed by atoms with Gasteiger partial charge in [0.15, 0.2) is 0 Å². The molecule has 1 aromatic heterocycles. The molecule has 20 heavy (non-hydrogen) atoms. The quantitative estimate of drug-likeness (QED) is 0.732. The van der Waals surface area contributed by atoms with Crippen LogP contribution in [-0.2, 0) is 6.54 Å². The van der Waals surface area contributed by atoms with Gasteiger partial charge in [-0.25, -0.2) is 13.5 Å². The third-order valence-electron chi connectivity index (χ3n) is 2.88. The van der Waals surface area contributed by atoms with Crippen LogP contribution in [0.25, 0.3) is 11.3 Å². The summed E-state index contributed by atoms with van der Waals surface area (Å²) in [5.74, 6) is -1.25. The number of aromatic nitrogens is 3. The summed E-state index contributed by atoms with van der Waals surface area (Å²) in [6, 6.07) is 13.1. The summed E-state index contributed by atoms with van der Waals surface area (Å²) in [4.78, 5) is 0. The van der Waals surface area contributed by atoms with Crippen molar-refractivity contribution >= 4 is 0 Å². The van der Waals surface area contributed by atoms with Crippen molar-refractivity contribution in [2.75, 3.05) is 0 Å². The molecule has 2 aromatic carbocycles. The maximum absolute atomic E-state index is 13.2. The number of halogens is 2. The fourth-order valence-electron chi connectivity index (χ4n) is 1.98. The fraction of sp³-hybridized carbons (Fsp3) is 0.0667. The first-order valence-corrected chi connectivity index (χ1v) is 6.11. The van der Waals surface area contributed by atoms with Gasteiger partial charge in [0.1, 0.15) is 17.3 Å². The molecule has 0 bridgehead atoms. The molecule has 0 unspecified atom stereocenters. The predicted molar refractivity (Wildman–Crippen MR) is 70.9 cm³/mol. The van der Waals surface area contributed by atoms with E-state index in [1.165, 1.54) is 12.1 Å². The smallest absolute Gasteiger partial charge is 0.126 e. The van der Waals surface area contributed by atoms with E-state index in [2.05, 4.69) is 10.3 Å². The monoisotopic (exact) mass is 271 g/mol. The molecule has 5 heteroatoms. The van der Waals surface area contributed by atoms with Crippen LogP contribution in [0.15, 0.2) is 54.7 Å². The Balaban J connectivity index is 1.86. The van der Waals surface area contributed by atoms with E-state index in [0.29, 0.717) is 17.8 Å². The first-order chi connectivity index (χ1) is 9.70. The van der Waals surface area contributed by atoms with Gasteiger partial charge in [0.25, 0.3) is 0 Å². The zero-order chi connectivity index (χ0) is 13.9. The van der Waals surface area contributed by atoms with E-state index >= 15 is 0 Å². The molecule has 0 saturated heterocycles. The molecule has 0 aliphatic rings. The van der Waals surface area contributed by atoms with Crippen molar-refractivity contribution in [1.29, 1.82) is 0 Å². The SMILES string of the molecule is Fc1cc(F)cc(-c2cn(Cc3ccccc3)nn2)c1. The number of hydrogen-bond acceptors (Lipinski definition) is 2. The first-order valence-electron chi connectivity index (χ1n) is 6.11. The van der Waals surface area contributed by atoms with E-state index < -0.39 is 11.6 Å². The van der Waals surface area contributed by atoms with Crippen LogP contribution in [0.3, 0.4) is 0 Å². The summed E-state index contributed by atoms with van der Waals surface area (Å²) in [6.07, 6.45) is 1.67. The number of hydrogen-bond donors (Lipinski definition) is 0. The first kappa shape index (κ1) is 12.5. The Labute approximate surface area is 114 Å². The summed E-state index contributed by atoms with van der Waals surface area (Å²) in [6.45, 7) is 0.561. The van der Waals surface area contributed by atoms with Crippen molar-refractivity contribution in [2.24, 2.45) is 0 Å². The van der Waals surface area contributed by atoms with Gasteiger partial charge >= 0.3 is 0 Å². The number of rotatable bonds is 3. The second-order valence-corrected chi connectivity index (χ2v) is 4.45. The van der Waals surface area contributed by atoms with Crippen LogP contribution in [0.4, 0.5) is 8.78 Å². The van der Waals surface area contributed by atoms with Crippen molar-refractivity contribution in [1.82, 2.24) is 15.0 Å². The van der Waals surface area contributed by atoms with E-state index in [4.69, 9.17) is 0 Å². The Hall–Kier alpha value is -2.56. The summed E-state index contributed by atoms with van der Waals surface area (Å²) in [5, 5.41) is 7.91. The molecule has 100 valence electrons. The van der Waals surface area contributed by atoms with Crippen molar-refractivity contribution in [3.05, 3.63) is 71.9 Å². The molecule has 0 spiro atoms. The Morgan fingerprint density at radius 2 is 1.65 bits per heavy atom. The summed E-state index contributed by atoms with van der Waals surface area (Å²) in [7, 11) is 0. The Bertz CT molecular complexity index is 703. The Morgan fingerprint density at radius 3 is 2.35 bits per heavy atom. The van der Waals surface area contributed by atoms with E-state index in [9.17, 15) is 8.78 Å². The fourth-order valence-corrected chi connectivity index (χ4v) is 1.98. The van der Waals surface area contributed by atoms with Crippen LogP contribution in [0.5, 0.6) is 0 Å². The minimum Gasteiger partial charge on any atom is -0.247 e. The van der Waals surface area contributed by atoms with Crippen LogP contribution in [0.2, 0.25) is 0 Å². The Kier molecular flexibility index (Phi) is 3.25. The second kappa shape index (κ2) is 5.21. The van der Waals surface area contributed by atoms with Crippen molar-refractivity contribution in [3.63, 3.8) is 0 Å². The molecule has 0 fully saturated rings. The molecule has 0 N–H and O–H groups in total. The van der Waals surface area contributed by atoms with Gasteiger partial charge < -0.3 is 0 Å². The minimum atomic E-state index is -0.627. The van der Waals surface area contributed by atoms with Gasteiger partial charge in [-0.3, -0.25) is 0 Å². The van der Waals surface area contributed by atoms with Crippen LogP contribution >= 0.6 is 0 Å². The Morgan fingerprint density at radius 1 is 0.950 bits per heavy atom. The van der Waals surface area contributed by atoms with Crippen LogP contribution in [-0.4, -0.2) is 15.0 Å². The van der Waals surface area contributed by atoms with Crippen molar-refractivity contribution in [3.8, 4) is 11.3 Å². The highest BCUT2D eigenvalue weighted by Crippen LogP contribution is 2.19. The lowest BCUT2D eigenvalue weighted by Crippen LogP contribution is -1.99. The molecule has 3 aromatic rings. The number of nitrogens with zero attached hydrogens (tertiary/aromatic N) is 3. The molecular formula is C15H11F2N3. The average Bonchev–Trinajstić information content (AvgIpc) is 2.87. The third-order valence-corrected chi connectivity index (χ3v) is 2.88. The molecule has 0 amide bonds. The van der Waals surface area contributed by atoms with Gasteiger partial charge in [0, 0.05) is 11.6 Å². The summed E-state index contributed by atoms with van der Waals surface area (Å²) in [5.41, 5.74) is 1.90. The molecule has 3 nitrogen and oxygen atoms in total. The highest BCUT2D eigenvalue weighted by Gasteiger charge is 2.07.